The molecule has 7 heteroatoms. The highest BCUT2D eigenvalue weighted by molar-refractivity contribution is 6.06. The molecule has 2 aromatic heterocycles. The molecule has 7 nitrogen and oxygen atoms in total. The lowest BCUT2D eigenvalue weighted by atomic mass is 10.0. The lowest BCUT2D eigenvalue weighted by Crippen LogP contribution is -2.30. The summed E-state index contributed by atoms with van der Waals surface area (Å²) in [6.45, 7) is 6.73. The molecule has 0 radical (unpaired) electrons. The highest BCUT2D eigenvalue weighted by Crippen LogP contribution is 2.26. The maximum atomic E-state index is 13.2. The van der Waals surface area contributed by atoms with Crippen molar-refractivity contribution >= 4 is 16.8 Å². The number of amides is 1. The number of pyridine rings is 2. The van der Waals surface area contributed by atoms with Crippen molar-refractivity contribution < 1.29 is 14.3 Å². The van der Waals surface area contributed by atoms with E-state index < -0.39 is 0 Å². The van der Waals surface area contributed by atoms with Gasteiger partial charge in [0.1, 0.15) is 5.75 Å². The van der Waals surface area contributed by atoms with Crippen LogP contribution < -0.4 is 10.1 Å². The summed E-state index contributed by atoms with van der Waals surface area (Å²) in [5, 5.41) is 3.85. The monoisotopic (exact) mass is 510 g/mol. The van der Waals surface area contributed by atoms with Crippen LogP contribution in [0, 0.1) is 0 Å². The first-order valence-corrected chi connectivity index (χ1v) is 13.3. The van der Waals surface area contributed by atoms with Crippen molar-refractivity contribution in [3.63, 3.8) is 0 Å². The molecule has 1 atom stereocenters. The summed E-state index contributed by atoms with van der Waals surface area (Å²) in [4.78, 5) is 24.6. The van der Waals surface area contributed by atoms with Crippen LogP contribution in [0.5, 0.6) is 5.75 Å². The number of likely N-dealkylation sites (tertiary alicyclic amines) is 1. The van der Waals surface area contributed by atoms with Gasteiger partial charge in [0.05, 0.1) is 36.1 Å². The van der Waals surface area contributed by atoms with Gasteiger partial charge < -0.3 is 19.7 Å². The van der Waals surface area contributed by atoms with Crippen molar-refractivity contribution in [1.29, 1.82) is 0 Å². The smallest absolute Gasteiger partial charge is 0.252 e. The second-order valence-electron chi connectivity index (χ2n) is 9.52. The zero-order valence-electron chi connectivity index (χ0n) is 21.8. The molecule has 5 rings (SSSR count). The Morgan fingerprint density at radius 1 is 1.11 bits per heavy atom. The number of nitrogens with zero attached hydrogens (tertiary/aromatic N) is 3. The Balaban J connectivity index is 1.15. The van der Waals surface area contributed by atoms with Gasteiger partial charge in [-0.2, -0.15) is 0 Å². The third kappa shape index (κ3) is 6.54. The van der Waals surface area contributed by atoms with Crippen LogP contribution in [0.15, 0.2) is 79.1 Å². The van der Waals surface area contributed by atoms with Gasteiger partial charge in [0.2, 0.25) is 0 Å². The largest absolute Gasteiger partial charge is 0.494 e. The van der Waals surface area contributed by atoms with Gasteiger partial charge in [-0.15, -0.1) is 0 Å². The molecule has 0 spiro atoms. The van der Waals surface area contributed by atoms with Crippen LogP contribution in [0.1, 0.15) is 35.7 Å². The molecule has 0 aliphatic carbocycles. The molecule has 1 aliphatic heterocycles. The molecular weight excluding hydrogens is 476 g/mol. The molecule has 0 saturated carbocycles. The van der Waals surface area contributed by atoms with Gasteiger partial charge >= 0.3 is 0 Å². The SMILES string of the molecule is CCOc1ccc(-c2cc(C(=O)NCCCN3CC[C@H](OCc4ccccc4)C3)c3cnccc3n2)cc1. The van der Waals surface area contributed by atoms with Crippen LogP contribution in [0.2, 0.25) is 0 Å². The molecule has 4 aromatic rings. The van der Waals surface area contributed by atoms with Crippen molar-refractivity contribution in [3.8, 4) is 17.0 Å². The minimum absolute atomic E-state index is 0.108. The van der Waals surface area contributed by atoms with Crippen molar-refractivity contribution in [1.82, 2.24) is 20.2 Å². The minimum atomic E-state index is -0.108. The summed E-state index contributed by atoms with van der Waals surface area (Å²) in [5.74, 6) is 0.703. The lowest BCUT2D eigenvalue weighted by molar-refractivity contribution is 0.0466. The van der Waals surface area contributed by atoms with E-state index in [2.05, 4.69) is 27.3 Å². The van der Waals surface area contributed by atoms with Gasteiger partial charge in [-0.05, 0) is 68.3 Å². The first-order valence-electron chi connectivity index (χ1n) is 13.3. The topological polar surface area (TPSA) is 76.6 Å². The molecule has 2 aromatic carbocycles. The van der Waals surface area contributed by atoms with Crippen molar-refractivity contribution in [2.24, 2.45) is 0 Å². The van der Waals surface area contributed by atoms with E-state index in [4.69, 9.17) is 14.5 Å². The third-order valence-electron chi connectivity index (χ3n) is 6.81. The van der Waals surface area contributed by atoms with Crippen LogP contribution in [-0.2, 0) is 11.3 Å². The number of aromatic nitrogens is 2. The molecule has 1 amide bonds. The second-order valence-corrected chi connectivity index (χ2v) is 9.52. The van der Waals surface area contributed by atoms with Crippen molar-refractivity contribution in [2.75, 3.05) is 32.8 Å². The minimum Gasteiger partial charge on any atom is -0.494 e. The highest BCUT2D eigenvalue weighted by Gasteiger charge is 2.22. The summed E-state index contributed by atoms with van der Waals surface area (Å²) in [6.07, 6.45) is 5.60. The number of hydrogen-bond donors (Lipinski definition) is 1. The Hall–Kier alpha value is -3.81. The summed E-state index contributed by atoms with van der Waals surface area (Å²) in [7, 11) is 0. The predicted molar refractivity (Wildman–Crippen MR) is 149 cm³/mol. The van der Waals surface area contributed by atoms with E-state index in [-0.39, 0.29) is 12.0 Å². The maximum Gasteiger partial charge on any atom is 0.252 e. The number of fused-ring (bicyclic) bond motifs is 1. The first kappa shape index (κ1) is 25.8. The van der Waals surface area contributed by atoms with Crippen LogP contribution in [0.25, 0.3) is 22.2 Å². The molecular formula is C31H34N4O3. The summed E-state index contributed by atoms with van der Waals surface area (Å²) in [6, 6.07) is 21.8. The zero-order valence-corrected chi connectivity index (χ0v) is 21.8. The maximum absolute atomic E-state index is 13.2. The molecule has 1 N–H and O–H groups in total. The standard InChI is InChI=1S/C31H34N4O3/c1-2-37-25-11-9-24(10-12-25)30-19-27(28-20-32-16-13-29(28)34-30)31(36)33-15-6-17-35-18-14-26(21-35)38-22-23-7-4-3-5-8-23/h3-5,7-13,16,19-20,26H,2,6,14-15,17-18,21-22H2,1H3,(H,33,36)/t26-/m0/s1. The van der Waals surface area contributed by atoms with Crippen LogP contribution >= 0.6 is 0 Å². The number of carbonyl (C=O) groups excluding carboxylic acids is 1. The number of benzene rings is 2. The van der Waals surface area contributed by atoms with Gasteiger partial charge in [-0.25, -0.2) is 4.98 Å². The van der Waals surface area contributed by atoms with Gasteiger partial charge in [0.15, 0.2) is 0 Å². The molecule has 1 saturated heterocycles. The van der Waals surface area contributed by atoms with Gasteiger partial charge in [-0.1, -0.05) is 30.3 Å². The van der Waals surface area contributed by atoms with Gasteiger partial charge in [0.25, 0.3) is 5.91 Å². The molecule has 1 aliphatic rings. The number of nitrogens with one attached hydrogen (secondary N) is 1. The zero-order chi connectivity index (χ0) is 26.2. The quantitative estimate of drug-likeness (QED) is 0.283. The molecule has 0 bridgehead atoms. The first-order chi connectivity index (χ1) is 18.7. The second kappa shape index (κ2) is 12.6. The highest BCUT2D eigenvalue weighted by atomic mass is 16.5. The van der Waals surface area contributed by atoms with E-state index >= 15 is 0 Å². The lowest BCUT2D eigenvalue weighted by Gasteiger charge is -2.16. The summed E-state index contributed by atoms with van der Waals surface area (Å²) in [5.41, 5.74) is 4.21. The predicted octanol–water partition coefficient (Wildman–Crippen LogP) is 5.11. The van der Waals surface area contributed by atoms with E-state index in [0.717, 1.165) is 60.4 Å². The van der Waals surface area contributed by atoms with E-state index in [1.165, 1.54) is 5.56 Å². The Labute approximate surface area is 223 Å². The Morgan fingerprint density at radius 3 is 2.76 bits per heavy atom. The van der Waals surface area contributed by atoms with Gasteiger partial charge in [-0.3, -0.25) is 9.78 Å². The van der Waals surface area contributed by atoms with E-state index in [0.29, 0.717) is 25.3 Å². The average Bonchev–Trinajstić information content (AvgIpc) is 3.42. The number of rotatable bonds is 11. The fraction of sp³-hybridized carbons (Fsp3) is 0.323. The van der Waals surface area contributed by atoms with Crippen molar-refractivity contribution in [2.45, 2.75) is 32.5 Å². The fourth-order valence-electron chi connectivity index (χ4n) is 4.82. The average molecular weight is 511 g/mol. The molecule has 38 heavy (non-hydrogen) atoms. The number of ether oxygens (including phenoxy) is 2. The molecule has 3 heterocycles. The summed E-state index contributed by atoms with van der Waals surface area (Å²) < 4.78 is 11.7. The van der Waals surface area contributed by atoms with Gasteiger partial charge in [0, 0.05) is 43.0 Å². The Morgan fingerprint density at radius 2 is 1.95 bits per heavy atom. The van der Waals surface area contributed by atoms with Crippen molar-refractivity contribution in [3.05, 3.63) is 90.3 Å². The Kier molecular flexibility index (Phi) is 8.58. The normalized spacial score (nSPS) is 15.6. The molecule has 196 valence electrons. The Bertz CT molecular complexity index is 1340. The van der Waals surface area contributed by atoms with E-state index in [1.54, 1.807) is 12.4 Å². The van der Waals surface area contributed by atoms with E-state index in [9.17, 15) is 4.79 Å². The number of carbonyl (C=O) groups is 1. The summed E-state index contributed by atoms with van der Waals surface area (Å²) >= 11 is 0. The van der Waals surface area contributed by atoms with Crippen LogP contribution in [-0.4, -0.2) is 59.7 Å². The van der Waals surface area contributed by atoms with Crippen LogP contribution in [0.3, 0.4) is 0 Å². The third-order valence-corrected chi connectivity index (χ3v) is 6.81. The van der Waals surface area contributed by atoms with Crippen LogP contribution in [0.4, 0.5) is 0 Å². The number of hydrogen-bond acceptors (Lipinski definition) is 6. The fourth-order valence-corrected chi connectivity index (χ4v) is 4.82. The molecule has 0 unspecified atom stereocenters. The molecule has 1 fully saturated rings. The van der Waals surface area contributed by atoms with E-state index in [1.807, 2.05) is 61.5 Å².